The van der Waals surface area contributed by atoms with Gasteiger partial charge in [0.05, 0.1) is 12.9 Å². The molecule has 1 aliphatic carbocycles. The van der Waals surface area contributed by atoms with E-state index in [0.29, 0.717) is 18.3 Å². The van der Waals surface area contributed by atoms with Crippen LogP contribution in [-0.2, 0) is 11.2 Å². The Morgan fingerprint density at radius 3 is 2.86 bits per heavy atom. The maximum Gasteiger partial charge on any atom is 0.230 e. The Bertz CT molecular complexity index is 972. The summed E-state index contributed by atoms with van der Waals surface area (Å²) in [5.74, 6) is 1.96. The van der Waals surface area contributed by atoms with Crippen LogP contribution >= 0.6 is 11.8 Å². The number of thioether (sulfide) groups is 1. The molecule has 0 spiro atoms. The predicted molar refractivity (Wildman–Crippen MR) is 112 cm³/mol. The summed E-state index contributed by atoms with van der Waals surface area (Å²) in [6.07, 6.45) is 6.49. The number of nitrogens with zero attached hydrogens (tertiary/aromatic N) is 4. The molecule has 2 heterocycles. The second-order valence-electron chi connectivity index (χ2n) is 6.85. The van der Waals surface area contributed by atoms with Gasteiger partial charge in [0.1, 0.15) is 5.75 Å². The molecule has 0 saturated heterocycles. The smallest absolute Gasteiger partial charge is 0.230 e. The lowest BCUT2D eigenvalue weighted by molar-refractivity contribution is -0.118. The summed E-state index contributed by atoms with van der Waals surface area (Å²) >= 11 is 1.43. The second-order valence-corrected chi connectivity index (χ2v) is 7.79. The van der Waals surface area contributed by atoms with Crippen molar-refractivity contribution in [1.29, 1.82) is 0 Å². The van der Waals surface area contributed by atoms with Crippen LogP contribution in [0.5, 0.6) is 5.75 Å². The van der Waals surface area contributed by atoms with Crippen LogP contribution in [0.4, 0.5) is 0 Å². The SMILES string of the molecule is COc1ccccc1CCNC(=O)CSc1nnc(-c2cccnc2)n1C1CC1. The van der Waals surface area contributed by atoms with Gasteiger partial charge in [-0.15, -0.1) is 10.2 Å². The van der Waals surface area contributed by atoms with E-state index >= 15 is 0 Å². The van der Waals surface area contributed by atoms with E-state index in [2.05, 4.69) is 25.1 Å². The van der Waals surface area contributed by atoms with E-state index in [9.17, 15) is 4.79 Å². The Labute approximate surface area is 173 Å². The number of methoxy groups -OCH3 is 1. The number of ether oxygens (including phenoxy) is 1. The van der Waals surface area contributed by atoms with Crippen molar-refractivity contribution in [3.8, 4) is 17.1 Å². The van der Waals surface area contributed by atoms with Gasteiger partial charge in [0.25, 0.3) is 0 Å². The zero-order valence-corrected chi connectivity index (χ0v) is 17.1. The summed E-state index contributed by atoms with van der Waals surface area (Å²) in [4.78, 5) is 16.5. The summed E-state index contributed by atoms with van der Waals surface area (Å²) in [7, 11) is 1.66. The number of hydrogen-bond acceptors (Lipinski definition) is 6. The van der Waals surface area contributed by atoms with E-state index < -0.39 is 0 Å². The minimum Gasteiger partial charge on any atom is -0.496 e. The van der Waals surface area contributed by atoms with Crippen molar-refractivity contribution in [1.82, 2.24) is 25.1 Å². The van der Waals surface area contributed by atoms with Crippen molar-refractivity contribution in [3.63, 3.8) is 0 Å². The molecule has 1 amide bonds. The molecule has 4 rings (SSSR count). The van der Waals surface area contributed by atoms with Crippen molar-refractivity contribution in [2.45, 2.75) is 30.5 Å². The first-order valence-corrected chi connectivity index (χ1v) is 10.6. The molecule has 2 aromatic heterocycles. The number of pyridine rings is 1. The molecule has 7 nitrogen and oxygen atoms in total. The Balaban J connectivity index is 1.33. The monoisotopic (exact) mass is 409 g/mol. The molecule has 29 heavy (non-hydrogen) atoms. The van der Waals surface area contributed by atoms with Crippen molar-refractivity contribution >= 4 is 17.7 Å². The molecule has 0 aliphatic heterocycles. The van der Waals surface area contributed by atoms with Gasteiger partial charge in [-0.3, -0.25) is 14.3 Å². The summed E-state index contributed by atoms with van der Waals surface area (Å²) in [5, 5.41) is 12.4. The summed E-state index contributed by atoms with van der Waals surface area (Å²) in [5.41, 5.74) is 2.03. The highest BCUT2D eigenvalue weighted by Gasteiger charge is 2.30. The molecule has 1 fully saturated rings. The molecule has 3 aromatic rings. The van der Waals surface area contributed by atoms with Crippen LogP contribution in [0.3, 0.4) is 0 Å². The number of nitrogens with one attached hydrogen (secondary N) is 1. The number of carbonyl (C=O) groups is 1. The number of benzene rings is 1. The van der Waals surface area contributed by atoms with E-state index in [1.54, 1.807) is 19.5 Å². The van der Waals surface area contributed by atoms with Gasteiger partial charge in [-0.05, 0) is 43.0 Å². The maximum absolute atomic E-state index is 12.3. The van der Waals surface area contributed by atoms with Gasteiger partial charge in [0, 0.05) is 30.5 Å². The first-order chi connectivity index (χ1) is 14.3. The molecular formula is C21H23N5O2S. The molecule has 0 bridgehead atoms. The maximum atomic E-state index is 12.3. The second kappa shape index (κ2) is 9.09. The highest BCUT2D eigenvalue weighted by Crippen LogP contribution is 2.40. The van der Waals surface area contributed by atoms with Gasteiger partial charge in [-0.2, -0.15) is 0 Å². The van der Waals surface area contributed by atoms with E-state index in [1.165, 1.54) is 11.8 Å². The van der Waals surface area contributed by atoms with Crippen molar-refractivity contribution in [2.75, 3.05) is 19.4 Å². The van der Waals surface area contributed by atoms with E-state index in [1.807, 2.05) is 36.4 Å². The Kier molecular flexibility index (Phi) is 6.09. The van der Waals surface area contributed by atoms with Crippen molar-refractivity contribution < 1.29 is 9.53 Å². The normalized spacial score (nSPS) is 13.3. The van der Waals surface area contributed by atoms with Gasteiger partial charge < -0.3 is 10.1 Å². The van der Waals surface area contributed by atoms with Crippen LogP contribution in [0.15, 0.2) is 53.9 Å². The number of carbonyl (C=O) groups excluding carboxylic acids is 1. The lowest BCUT2D eigenvalue weighted by Crippen LogP contribution is -2.27. The minimum atomic E-state index is -0.0156. The number of rotatable bonds is 9. The Morgan fingerprint density at radius 2 is 2.10 bits per heavy atom. The van der Waals surface area contributed by atoms with Crippen LogP contribution in [0.1, 0.15) is 24.4 Å². The topological polar surface area (TPSA) is 81.9 Å². The summed E-state index contributed by atoms with van der Waals surface area (Å²) in [6, 6.07) is 12.1. The molecule has 8 heteroatoms. The first-order valence-electron chi connectivity index (χ1n) is 9.63. The van der Waals surface area contributed by atoms with Crippen LogP contribution in [-0.4, -0.2) is 45.1 Å². The first kappa shape index (κ1) is 19.4. The van der Waals surface area contributed by atoms with E-state index in [-0.39, 0.29) is 5.91 Å². The van der Waals surface area contributed by atoms with Gasteiger partial charge in [0.15, 0.2) is 11.0 Å². The quantitative estimate of drug-likeness (QED) is 0.547. The molecule has 0 atom stereocenters. The number of para-hydroxylation sites is 1. The fourth-order valence-corrected chi connectivity index (χ4v) is 3.99. The Morgan fingerprint density at radius 1 is 1.24 bits per heavy atom. The fourth-order valence-electron chi connectivity index (χ4n) is 3.16. The third kappa shape index (κ3) is 4.76. The largest absolute Gasteiger partial charge is 0.496 e. The molecular weight excluding hydrogens is 386 g/mol. The van der Waals surface area contributed by atoms with Gasteiger partial charge in [-0.1, -0.05) is 30.0 Å². The third-order valence-corrected chi connectivity index (χ3v) is 5.68. The van der Waals surface area contributed by atoms with Crippen molar-refractivity contribution in [2.24, 2.45) is 0 Å². The van der Waals surface area contributed by atoms with Crippen LogP contribution in [0, 0.1) is 0 Å². The molecule has 0 unspecified atom stereocenters. The van der Waals surface area contributed by atoms with Gasteiger partial charge in [-0.25, -0.2) is 0 Å². The number of hydrogen-bond donors (Lipinski definition) is 1. The molecule has 150 valence electrons. The molecule has 1 aliphatic rings. The average molecular weight is 410 g/mol. The summed E-state index contributed by atoms with van der Waals surface area (Å²) in [6.45, 7) is 0.565. The average Bonchev–Trinajstić information content (AvgIpc) is 3.52. The summed E-state index contributed by atoms with van der Waals surface area (Å²) < 4.78 is 7.49. The van der Waals surface area contributed by atoms with Crippen molar-refractivity contribution in [3.05, 3.63) is 54.4 Å². The lowest BCUT2D eigenvalue weighted by atomic mass is 10.1. The lowest BCUT2D eigenvalue weighted by Gasteiger charge is -2.10. The Hall–Kier alpha value is -2.87. The molecule has 1 aromatic carbocycles. The van der Waals surface area contributed by atoms with Gasteiger partial charge >= 0.3 is 0 Å². The van der Waals surface area contributed by atoms with E-state index in [0.717, 1.165) is 47.1 Å². The zero-order valence-electron chi connectivity index (χ0n) is 16.2. The van der Waals surface area contributed by atoms with Crippen LogP contribution < -0.4 is 10.1 Å². The standard InChI is InChI=1S/C21H23N5O2S/c1-28-18-7-3-2-5-15(18)10-12-23-19(27)14-29-21-25-24-20(26(21)17-8-9-17)16-6-4-11-22-13-16/h2-7,11,13,17H,8-10,12,14H2,1H3,(H,23,27). The molecule has 1 N–H and O–H groups in total. The molecule has 1 saturated carbocycles. The van der Waals surface area contributed by atoms with E-state index in [4.69, 9.17) is 4.74 Å². The highest BCUT2D eigenvalue weighted by atomic mass is 32.2. The molecule has 0 radical (unpaired) electrons. The van der Waals surface area contributed by atoms with Gasteiger partial charge in [0.2, 0.25) is 5.91 Å². The minimum absolute atomic E-state index is 0.0156. The van der Waals surface area contributed by atoms with Crippen LogP contribution in [0.2, 0.25) is 0 Å². The number of aromatic nitrogens is 4. The zero-order chi connectivity index (χ0) is 20.1. The predicted octanol–water partition coefficient (Wildman–Crippen LogP) is 3.13. The fraction of sp³-hybridized carbons (Fsp3) is 0.333. The third-order valence-electron chi connectivity index (χ3n) is 4.74. The number of amides is 1. The van der Waals surface area contributed by atoms with Crippen LogP contribution in [0.25, 0.3) is 11.4 Å². The highest BCUT2D eigenvalue weighted by molar-refractivity contribution is 7.99.